The quantitative estimate of drug-likeness (QED) is 0.741. The van der Waals surface area contributed by atoms with Crippen molar-refractivity contribution in [3.05, 3.63) is 30.1 Å². The summed E-state index contributed by atoms with van der Waals surface area (Å²) in [5, 5.41) is 0. The van der Waals surface area contributed by atoms with Gasteiger partial charge in [-0.25, -0.2) is 4.39 Å². The first-order chi connectivity index (χ1) is 6.09. The molecule has 0 aliphatic heterocycles. The molecule has 0 aliphatic rings. The van der Waals surface area contributed by atoms with Crippen molar-refractivity contribution in [1.29, 1.82) is 0 Å². The van der Waals surface area contributed by atoms with Gasteiger partial charge in [0.15, 0.2) is 0 Å². The molecule has 1 unspecified atom stereocenters. The highest BCUT2D eigenvalue weighted by Crippen LogP contribution is 2.08. The normalized spacial score (nSPS) is 12.5. The van der Waals surface area contributed by atoms with E-state index in [-0.39, 0.29) is 11.5 Å². The number of halogens is 1. The van der Waals surface area contributed by atoms with Crippen molar-refractivity contribution in [2.24, 2.45) is 0 Å². The monoisotopic (exact) mass is 200 g/mol. The average molecular weight is 200 g/mol. The molecule has 0 aliphatic carbocycles. The van der Waals surface area contributed by atoms with E-state index >= 15 is 0 Å². The second-order valence-corrected chi connectivity index (χ2v) is 4.10. The summed E-state index contributed by atoms with van der Waals surface area (Å²) in [5.41, 5.74) is 0. The summed E-state index contributed by atoms with van der Waals surface area (Å²) in [5.74, 6) is -0.652. The molecular formula is C9H9FO2S. The number of rotatable bonds is 3. The van der Waals surface area contributed by atoms with Gasteiger partial charge in [-0.2, -0.15) is 0 Å². The maximum absolute atomic E-state index is 12.6. The first-order valence-electron chi connectivity index (χ1n) is 3.73. The van der Waals surface area contributed by atoms with Gasteiger partial charge in [-0.15, -0.1) is 0 Å². The molecule has 13 heavy (non-hydrogen) atoms. The minimum Gasteiger partial charge on any atom is -0.299 e. The van der Waals surface area contributed by atoms with Crippen LogP contribution in [0.15, 0.2) is 29.2 Å². The fourth-order valence-corrected chi connectivity index (χ4v) is 1.89. The zero-order valence-electron chi connectivity index (χ0n) is 7.12. The smallest absolute Gasteiger partial charge is 0.142 e. The van der Waals surface area contributed by atoms with Crippen molar-refractivity contribution in [1.82, 2.24) is 0 Å². The van der Waals surface area contributed by atoms with Crippen molar-refractivity contribution >= 4 is 16.6 Å². The van der Waals surface area contributed by atoms with Crippen LogP contribution in [0.1, 0.15) is 6.92 Å². The zero-order valence-corrected chi connectivity index (χ0v) is 7.94. The van der Waals surface area contributed by atoms with Crippen LogP contribution in [-0.2, 0) is 15.6 Å². The van der Waals surface area contributed by atoms with E-state index in [0.29, 0.717) is 4.90 Å². The molecule has 0 fully saturated rings. The van der Waals surface area contributed by atoms with Crippen molar-refractivity contribution < 1.29 is 13.4 Å². The van der Waals surface area contributed by atoms with E-state index in [4.69, 9.17) is 0 Å². The Morgan fingerprint density at radius 2 is 2.23 bits per heavy atom. The zero-order chi connectivity index (χ0) is 9.84. The molecule has 0 amide bonds. The van der Waals surface area contributed by atoms with Crippen molar-refractivity contribution in [3.8, 4) is 0 Å². The third kappa shape index (κ3) is 3.06. The lowest BCUT2D eigenvalue weighted by Crippen LogP contribution is -2.06. The number of hydrogen-bond donors (Lipinski definition) is 0. The van der Waals surface area contributed by atoms with E-state index in [1.807, 2.05) is 0 Å². The van der Waals surface area contributed by atoms with Gasteiger partial charge in [0.2, 0.25) is 0 Å². The SMILES string of the molecule is CC(=O)CS(=O)c1cccc(F)c1. The fraction of sp³-hybridized carbons (Fsp3) is 0.222. The summed E-state index contributed by atoms with van der Waals surface area (Å²) in [4.78, 5) is 11.0. The molecule has 0 spiro atoms. The van der Waals surface area contributed by atoms with Crippen LogP contribution in [0.25, 0.3) is 0 Å². The highest BCUT2D eigenvalue weighted by molar-refractivity contribution is 7.85. The molecule has 0 saturated heterocycles. The maximum atomic E-state index is 12.6. The van der Waals surface area contributed by atoms with E-state index in [1.54, 1.807) is 6.07 Å². The summed E-state index contributed by atoms with van der Waals surface area (Å²) in [6.45, 7) is 1.36. The molecule has 0 N–H and O–H groups in total. The van der Waals surface area contributed by atoms with Gasteiger partial charge in [-0.1, -0.05) is 6.07 Å². The molecular weight excluding hydrogens is 191 g/mol. The predicted molar refractivity (Wildman–Crippen MR) is 48.4 cm³/mol. The minimum atomic E-state index is -1.41. The third-order valence-corrected chi connectivity index (χ3v) is 2.84. The molecule has 4 heteroatoms. The summed E-state index contributed by atoms with van der Waals surface area (Å²) in [6.07, 6.45) is 0. The number of carbonyl (C=O) groups is 1. The predicted octanol–water partition coefficient (Wildman–Crippen LogP) is 1.52. The Morgan fingerprint density at radius 1 is 1.54 bits per heavy atom. The van der Waals surface area contributed by atoms with E-state index in [9.17, 15) is 13.4 Å². The topological polar surface area (TPSA) is 34.1 Å². The standard InChI is InChI=1S/C9H9FO2S/c1-7(11)6-13(12)9-4-2-3-8(10)5-9/h2-5H,6H2,1H3. The second kappa shape index (κ2) is 4.28. The van der Waals surface area contributed by atoms with Crippen molar-refractivity contribution in [2.45, 2.75) is 11.8 Å². The Labute approximate surface area is 78.2 Å². The number of ketones is 1. The highest BCUT2D eigenvalue weighted by atomic mass is 32.2. The maximum Gasteiger partial charge on any atom is 0.142 e. The Bertz CT molecular complexity index is 349. The van der Waals surface area contributed by atoms with E-state index in [2.05, 4.69) is 0 Å². The number of benzene rings is 1. The van der Waals surface area contributed by atoms with Gasteiger partial charge >= 0.3 is 0 Å². The van der Waals surface area contributed by atoms with E-state index in [0.717, 1.165) is 0 Å². The molecule has 0 radical (unpaired) electrons. The van der Waals surface area contributed by atoms with Gasteiger partial charge < -0.3 is 0 Å². The van der Waals surface area contributed by atoms with Crippen molar-refractivity contribution in [3.63, 3.8) is 0 Å². The molecule has 1 aromatic rings. The molecule has 1 atom stereocenters. The average Bonchev–Trinajstić information content (AvgIpc) is 2.03. The van der Waals surface area contributed by atoms with E-state index in [1.165, 1.54) is 25.1 Å². The van der Waals surface area contributed by atoms with Crippen LogP contribution in [0, 0.1) is 5.82 Å². The van der Waals surface area contributed by atoms with E-state index < -0.39 is 16.6 Å². The van der Waals surface area contributed by atoms with Gasteiger partial charge in [0.25, 0.3) is 0 Å². The molecule has 1 aromatic carbocycles. The summed E-state index contributed by atoms with van der Waals surface area (Å²) in [7, 11) is -1.41. The van der Waals surface area contributed by atoms with Crippen LogP contribution in [0.3, 0.4) is 0 Å². The summed E-state index contributed by atoms with van der Waals surface area (Å²) >= 11 is 0. The molecule has 0 saturated carbocycles. The molecule has 1 rings (SSSR count). The Balaban J connectivity index is 2.83. The number of hydrogen-bond acceptors (Lipinski definition) is 2. The Hall–Kier alpha value is -1.03. The lowest BCUT2D eigenvalue weighted by molar-refractivity contribution is -0.114. The van der Waals surface area contributed by atoms with Crippen LogP contribution < -0.4 is 0 Å². The van der Waals surface area contributed by atoms with Gasteiger partial charge in [-0.3, -0.25) is 9.00 Å². The summed E-state index contributed by atoms with van der Waals surface area (Å²) < 4.78 is 24.0. The van der Waals surface area contributed by atoms with Crippen LogP contribution in [0.2, 0.25) is 0 Å². The highest BCUT2D eigenvalue weighted by Gasteiger charge is 2.06. The lowest BCUT2D eigenvalue weighted by atomic mass is 10.4. The number of Topliss-reactive ketones (excluding diaryl/α,β-unsaturated/α-hetero) is 1. The molecule has 2 nitrogen and oxygen atoms in total. The van der Waals surface area contributed by atoms with Crippen LogP contribution >= 0.6 is 0 Å². The van der Waals surface area contributed by atoms with Crippen LogP contribution in [0.5, 0.6) is 0 Å². The lowest BCUT2D eigenvalue weighted by Gasteiger charge is -1.98. The van der Waals surface area contributed by atoms with Crippen LogP contribution in [0.4, 0.5) is 4.39 Å². The second-order valence-electron chi connectivity index (χ2n) is 2.65. The molecule has 0 heterocycles. The van der Waals surface area contributed by atoms with Gasteiger partial charge in [-0.05, 0) is 25.1 Å². The summed E-state index contributed by atoms with van der Waals surface area (Å²) in [6, 6.07) is 5.47. The fourth-order valence-electron chi connectivity index (χ4n) is 0.877. The third-order valence-electron chi connectivity index (χ3n) is 1.39. The minimum absolute atomic E-state index is 0.0521. The molecule has 70 valence electrons. The van der Waals surface area contributed by atoms with Crippen molar-refractivity contribution in [2.75, 3.05) is 5.75 Å². The number of carbonyl (C=O) groups excluding carboxylic acids is 1. The van der Waals surface area contributed by atoms with Gasteiger partial charge in [0.1, 0.15) is 11.6 Å². The first kappa shape index (κ1) is 10.1. The first-order valence-corrected chi connectivity index (χ1v) is 5.05. The molecule has 0 aromatic heterocycles. The Kier molecular flexibility index (Phi) is 3.31. The largest absolute Gasteiger partial charge is 0.299 e. The van der Waals surface area contributed by atoms with Crippen LogP contribution in [-0.4, -0.2) is 15.7 Å². The Morgan fingerprint density at radius 3 is 2.77 bits per heavy atom. The van der Waals surface area contributed by atoms with Gasteiger partial charge in [0, 0.05) is 4.90 Å². The molecule has 0 bridgehead atoms. The van der Waals surface area contributed by atoms with Gasteiger partial charge in [0.05, 0.1) is 16.6 Å².